The third-order valence-electron chi connectivity index (χ3n) is 2.81. The number of rotatable bonds is 1. The zero-order valence-electron chi connectivity index (χ0n) is 12.8. The van der Waals surface area contributed by atoms with Crippen LogP contribution in [0.2, 0.25) is 0 Å². The number of imidazole rings is 1. The Kier molecular flexibility index (Phi) is 3.61. The predicted molar refractivity (Wildman–Crippen MR) is 73.9 cm³/mol. The van der Waals surface area contributed by atoms with Crippen molar-refractivity contribution in [1.29, 1.82) is 0 Å². The van der Waals surface area contributed by atoms with Gasteiger partial charge in [0.15, 0.2) is 0 Å². The molecule has 4 nitrogen and oxygen atoms in total. The Labute approximate surface area is 110 Å². The molecule has 1 aromatic rings. The van der Waals surface area contributed by atoms with Crippen molar-refractivity contribution in [1.82, 2.24) is 14.5 Å². The molecule has 1 amide bonds. The van der Waals surface area contributed by atoms with Crippen molar-refractivity contribution in [3.05, 3.63) is 17.7 Å². The lowest BCUT2D eigenvalue weighted by atomic mass is 9.88. The molecule has 0 spiro atoms. The second-order valence-electron chi connectivity index (χ2n) is 6.93. The summed E-state index contributed by atoms with van der Waals surface area (Å²) in [6.07, 6.45) is 1.78. The number of amides is 1. The molecule has 1 aromatic heterocycles. The van der Waals surface area contributed by atoms with E-state index in [4.69, 9.17) is 0 Å². The molecular weight excluding hydrogens is 226 g/mol. The van der Waals surface area contributed by atoms with Crippen LogP contribution in [-0.2, 0) is 11.0 Å². The fourth-order valence-electron chi connectivity index (χ4n) is 1.94. The highest BCUT2D eigenvalue weighted by Crippen LogP contribution is 2.30. The van der Waals surface area contributed by atoms with Gasteiger partial charge in [0, 0.05) is 25.0 Å². The minimum absolute atomic E-state index is 0.0390. The summed E-state index contributed by atoms with van der Waals surface area (Å²) < 4.78 is 2.10. The van der Waals surface area contributed by atoms with Crippen molar-refractivity contribution in [3.63, 3.8) is 0 Å². The van der Waals surface area contributed by atoms with Gasteiger partial charge in [-0.3, -0.25) is 4.79 Å². The van der Waals surface area contributed by atoms with Crippen molar-refractivity contribution in [2.45, 2.75) is 52.5 Å². The maximum atomic E-state index is 12.2. The first-order valence-electron chi connectivity index (χ1n) is 6.26. The van der Waals surface area contributed by atoms with Gasteiger partial charge in [-0.2, -0.15) is 0 Å². The lowest BCUT2D eigenvalue weighted by Gasteiger charge is -2.30. The third-order valence-corrected chi connectivity index (χ3v) is 2.81. The SMILES string of the molecule is CN(C)C(=O)c1ncn(C(C)(C)C)c1C(C)(C)C. The van der Waals surface area contributed by atoms with Crippen LogP contribution < -0.4 is 0 Å². The summed E-state index contributed by atoms with van der Waals surface area (Å²) in [6, 6.07) is 0. The molecule has 0 saturated carbocycles. The average Bonchev–Trinajstić information content (AvgIpc) is 2.58. The standard InChI is InChI=1S/C14H25N3O/c1-13(2,3)11-10(12(18)16(7)8)15-9-17(11)14(4,5)6/h9H,1-8H3. The van der Waals surface area contributed by atoms with Crippen LogP contribution in [0.3, 0.4) is 0 Å². The summed E-state index contributed by atoms with van der Waals surface area (Å²) in [5.74, 6) is -0.0390. The number of carbonyl (C=O) groups excluding carboxylic acids is 1. The number of carbonyl (C=O) groups is 1. The van der Waals surface area contributed by atoms with E-state index in [9.17, 15) is 4.79 Å². The van der Waals surface area contributed by atoms with Crippen LogP contribution in [0.4, 0.5) is 0 Å². The molecule has 18 heavy (non-hydrogen) atoms. The molecule has 0 aromatic carbocycles. The molecule has 1 heterocycles. The molecule has 0 unspecified atom stereocenters. The first-order valence-corrected chi connectivity index (χ1v) is 6.26. The molecule has 0 saturated heterocycles. The van der Waals surface area contributed by atoms with Gasteiger partial charge in [0.2, 0.25) is 0 Å². The average molecular weight is 251 g/mol. The van der Waals surface area contributed by atoms with Crippen molar-refractivity contribution < 1.29 is 4.79 Å². The van der Waals surface area contributed by atoms with E-state index in [0.717, 1.165) is 5.69 Å². The van der Waals surface area contributed by atoms with E-state index < -0.39 is 0 Å². The van der Waals surface area contributed by atoms with E-state index in [1.807, 2.05) is 0 Å². The van der Waals surface area contributed by atoms with Crippen LogP contribution in [0.15, 0.2) is 6.33 Å². The van der Waals surface area contributed by atoms with Crippen molar-refractivity contribution in [3.8, 4) is 0 Å². The van der Waals surface area contributed by atoms with E-state index in [1.165, 1.54) is 0 Å². The van der Waals surface area contributed by atoms with Crippen LogP contribution in [-0.4, -0.2) is 34.5 Å². The molecule has 0 fully saturated rings. The maximum absolute atomic E-state index is 12.2. The van der Waals surface area contributed by atoms with Crippen LogP contribution in [0.5, 0.6) is 0 Å². The van der Waals surface area contributed by atoms with Gasteiger partial charge in [0.25, 0.3) is 5.91 Å². The van der Waals surface area contributed by atoms with Gasteiger partial charge in [-0.25, -0.2) is 4.98 Å². The Morgan fingerprint density at radius 1 is 1.17 bits per heavy atom. The van der Waals surface area contributed by atoms with E-state index in [2.05, 4.69) is 51.1 Å². The molecule has 0 N–H and O–H groups in total. The molecule has 0 bridgehead atoms. The molecule has 1 rings (SSSR count). The Morgan fingerprint density at radius 3 is 2.00 bits per heavy atom. The van der Waals surface area contributed by atoms with Crippen LogP contribution in [0, 0.1) is 0 Å². The highest BCUT2D eigenvalue weighted by molar-refractivity contribution is 5.93. The van der Waals surface area contributed by atoms with Gasteiger partial charge in [-0.1, -0.05) is 20.8 Å². The highest BCUT2D eigenvalue weighted by Gasteiger charge is 2.31. The smallest absolute Gasteiger partial charge is 0.273 e. The summed E-state index contributed by atoms with van der Waals surface area (Å²) in [6.45, 7) is 12.7. The molecule has 4 heteroatoms. The van der Waals surface area contributed by atoms with Gasteiger partial charge in [0.1, 0.15) is 5.69 Å². The molecular formula is C14H25N3O. The van der Waals surface area contributed by atoms with Crippen molar-refractivity contribution in [2.24, 2.45) is 0 Å². The molecule has 0 aliphatic rings. The summed E-state index contributed by atoms with van der Waals surface area (Å²) in [4.78, 5) is 18.1. The van der Waals surface area contributed by atoms with Gasteiger partial charge >= 0.3 is 0 Å². The van der Waals surface area contributed by atoms with Crippen molar-refractivity contribution >= 4 is 5.91 Å². The van der Waals surface area contributed by atoms with Crippen LogP contribution >= 0.6 is 0 Å². The Balaban J connectivity index is 3.48. The van der Waals surface area contributed by atoms with Gasteiger partial charge in [-0.05, 0) is 20.8 Å². The predicted octanol–water partition coefficient (Wildman–Crippen LogP) is 2.64. The van der Waals surface area contributed by atoms with Gasteiger partial charge in [-0.15, -0.1) is 0 Å². The fourth-order valence-corrected chi connectivity index (χ4v) is 1.94. The summed E-state index contributed by atoms with van der Waals surface area (Å²) in [5, 5.41) is 0. The monoisotopic (exact) mass is 251 g/mol. The van der Waals surface area contributed by atoms with E-state index in [-0.39, 0.29) is 16.9 Å². The summed E-state index contributed by atoms with van der Waals surface area (Å²) >= 11 is 0. The third kappa shape index (κ3) is 2.74. The first kappa shape index (κ1) is 14.7. The Hall–Kier alpha value is -1.32. The molecule has 102 valence electrons. The summed E-state index contributed by atoms with van der Waals surface area (Å²) in [5.41, 5.74) is 1.35. The molecule has 0 atom stereocenters. The zero-order valence-corrected chi connectivity index (χ0v) is 12.8. The van der Waals surface area contributed by atoms with E-state index in [0.29, 0.717) is 5.69 Å². The quantitative estimate of drug-likeness (QED) is 0.769. The highest BCUT2D eigenvalue weighted by atomic mass is 16.2. The van der Waals surface area contributed by atoms with Crippen molar-refractivity contribution in [2.75, 3.05) is 14.1 Å². The number of hydrogen-bond acceptors (Lipinski definition) is 2. The summed E-state index contributed by atoms with van der Waals surface area (Å²) in [7, 11) is 3.51. The Bertz CT molecular complexity index is 445. The minimum Gasteiger partial charge on any atom is -0.343 e. The molecule has 0 radical (unpaired) electrons. The first-order chi connectivity index (χ1) is 7.96. The lowest BCUT2D eigenvalue weighted by molar-refractivity contribution is 0.0819. The van der Waals surface area contributed by atoms with E-state index in [1.54, 1.807) is 25.3 Å². The molecule has 0 aliphatic carbocycles. The second kappa shape index (κ2) is 4.41. The van der Waals surface area contributed by atoms with Gasteiger partial charge < -0.3 is 9.47 Å². The number of hydrogen-bond donors (Lipinski definition) is 0. The fraction of sp³-hybridized carbons (Fsp3) is 0.714. The molecule has 0 aliphatic heterocycles. The number of aromatic nitrogens is 2. The Morgan fingerprint density at radius 2 is 1.67 bits per heavy atom. The van der Waals surface area contributed by atoms with Crippen LogP contribution in [0.1, 0.15) is 57.7 Å². The van der Waals surface area contributed by atoms with Crippen LogP contribution in [0.25, 0.3) is 0 Å². The maximum Gasteiger partial charge on any atom is 0.273 e. The zero-order chi connectivity index (χ0) is 14.3. The number of nitrogens with zero attached hydrogens (tertiary/aromatic N) is 3. The normalized spacial score (nSPS) is 12.7. The largest absolute Gasteiger partial charge is 0.343 e. The second-order valence-corrected chi connectivity index (χ2v) is 6.93. The lowest BCUT2D eigenvalue weighted by Crippen LogP contribution is -2.32. The van der Waals surface area contributed by atoms with Gasteiger partial charge in [0.05, 0.1) is 12.0 Å². The minimum atomic E-state index is -0.120. The topological polar surface area (TPSA) is 38.1 Å². The van der Waals surface area contributed by atoms with E-state index >= 15 is 0 Å².